The van der Waals surface area contributed by atoms with Crippen molar-refractivity contribution in [2.45, 2.75) is 20.3 Å². The summed E-state index contributed by atoms with van der Waals surface area (Å²) < 4.78 is 5.48. The molecule has 0 radical (unpaired) electrons. The lowest BCUT2D eigenvalue weighted by molar-refractivity contribution is 0.466. The monoisotopic (exact) mass is 274 g/mol. The van der Waals surface area contributed by atoms with E-state index in [0.717, 1.165) is 4.88 Å². The average Bonchev–Trinajstić information content (AvgIpc) is 2.98. The van der Waals surface area contributed by atoms with Crippen molar-refractivity contribution in [2.75, 3.05) is 5.43 Å². The second-order valence-corrected chi connectivity index (χ2v) is 5.36. The van der Waals surface area contributed by atoms with Crippen LogP contribution < -0.4 is 5.43 Å². The number of anilines is 1. The highest BCUT2D eigenvalue weighted by atomic mass is 32.1. The van der Waals surface area contributed by atoms with Crippen LogP contribution in [0.15, 0.2) is 27.0 Å². The first-order valence-electron chi connectivity index (χ1n) is 5.91. The van der Waals surface area contributed by atoms with Gasteiger partial charge in [-0.05, 0) is 17.4 Å². The minimum Gasteiger partial charge on any atom is -0.422 e. The van der Waals surface area contributed by atoms with Crippen LogP contribution in [0.4, 0.5) is 5.88 Å². The summed E-state index contributed by atoms with van der Waals surface area (Å²) in [5, 5.41) is 15.0. The normalized spacial score (nSPS) is 11.1. The van der Waals surface area contributed by atoms with Gasteiger partial charge in [-0.3, -0.25) is 0 Å². The first-order valence-corrected chi connectivity index (χ1v) is 6.79. The zero-order valence-electron chi connectivity index (χ0n) is 10.8. The van der Waals surface area contributed by atoms with Gasteiger partial charge in [0.15, 0.2) is 5.89 Å². The summed E-state index contributed by atoms with van der Waals surface area (Å²) in [6.45, 7) is 4.14. The maximum absolute atomic E-state index is 8.99. The maximum Gasteiger partial charge on any atom is 0.252 e. The second kappa shape index (κ2) is 6.16. The molecule has 0 aliphatic rings. The lowest BCUT2D eigenvalue weighted by atomic mass is 10.1. The summed E-state index contributed by atoms with van der Waals surface area (Å²) in [7, 11) is 0. The summed E-state index contributed by atoms with van der Waals surface area (Å²) in [5.41, 5.74) is 2.96. The molecule has 0 fully saturated rings. The molecule has 0 bridgehead atoms. The SMILES string of the molecule is CC(C)Cc1nc(C#N)c(NN=Cc2cccs2)o1. The first kappa shape index (κ1) is 13.3. The number of oxazole rings is 1. The standard InChI is InChI=1S/C13H14N4OS/c1-9(2)6-12-16-11(7-14)13(18-12)17-15-8-10-4-3-5-19-10/h3-5,8-9,17H,6H2,1-2H3. The molecule has 2 heterocycles. The number of hydrazone groups is 1. The molecular formula is C13H14N4OS. The number of aromatic nitrogens is 1. The minimum atomic E-state index is 0.235. The van der Waals surface area contributed by atoms with E-state index in [1.165, 1.54) is 0 Å². The molecule has 0 aliphatic heterocycles. The van der Waals surface area contributed by atoms with Crippen LogP contribution in [0.25, 0.3) is 0 Å². The largest absolute Gasteiger partial charge is 0.422 e. The number of nitrogens with zero attached hydrogens (tertiary/aromatic N) is 3. The van der Waals surface area contributed by atoms with Gasteiger partial charge in [-0.15, -0.1) is 11.3 Å². The van der Waals surface area contributed by atoms with Gasteiger partial charge in [-0.2, -0.15) is 10.4 Å². The summed E-state index contributed by atoms with van der Waals surface area (Å²) in [4.78, 5) is 5.14. The molecule has 0 aliphatic carbocycles. The van der Waals surface area contributed by atoms with Crippen molar-refractivity contribution in [3.05, 3.63) is 34.0 Å². The Bertz CT molecular complexity index is 593. The third-order valence-electron chi connectivity index (χ3n) is 2.26. The van der Waals surface area contributed by atoms with Crippen LogP contribution in [0.1, 0.15) is 30.3 Å². The Morgan fingerprint density at radius 3 is 3.11 bits per heavy atom. The molecule has 19 heavy (non-hydrogen) atoms. The highest BCUT2D eigenvalue weighted by Gasteiger charge is 2.13. The number of rotatable bonds is 5. The Balaban J connectivity index is 2.07. The number of hydrogen-bond acceptors (Lipinski definition) is 6. The molecule has 0 spiro atoms. The van der Waals surface area contributed by atoms with Crippen LogP contribution in [-0.4, -0.2) is 11.2 Å². The van der Waals surface area contributed by atoms with E-state index in [9.17, 15) is 0 Å². The Morgan fingerprint density at radius 1 is 1.63 bits per heavy atom. The van der Waals surface area contributed by atoms with E-state index in [1.807, 2.05) is 23.6 Å². The fourth-order valence-corrected chi connectivity index (χ4v) is 2.06. The Hall–Kier alpha value is -2.13. The van der Waals surface area contributed by atoms with Crippen LogP contribution in [0, 0.1) is 17.2 Å². The molecule has 2 aromatic heterocycles. The quantitative estimate of drug-likeness (QED) is 0.671. The molecule has 98 valence electrons. The molecule has 0 unspecified atom stereocenters. The Kier molecular flexibility index (Phi) is 4.31. The van der Waals surface area contributed by atoms with Crippen molar-refractivity contribution in [1.29, 1.82) is 5.26 Å². The van der Waals surface area contributed by atoms with Gasteiger partial charge < -0.3 is 4.42 Å². The van der Waals surface area contributed by atoms with Gasteiger partial charge >= 0.3 is 0 Å². The van der Waals surface area contributed by atoms with E-state index in [0.29, 0.717) is 24.1 Å². The van der Waals surface area contributed by atoms with E-state index < -0.39 is 0 Å². The summed E-state index contributed by atoms with van der Waals surface area (Å²) in [6, 6.07) is 5.89. The lowest BCUT2D eigenvalue weighted by Crippen LogP contribution is -1.93. The molecular weight excluding hydrogens is 260 g/mol. The highest BCUT2D eigenvalue weighted by Crippen LogP contribution is 2.18. The minimum absolute atomic E-state index is 0.235. The van der Waals surface area contributed by atoms with Gasteiger partial charge in [0.05, 0.1) is 6.21 Å². The van der Waals surface area contributed by atoms with Crippen molar-refractivity contribution in [3.63, 3.8) is 0 Å². The fourth-order valence-electron chi connectivity index (χ4n) is 1.47. The van der Waals surface area contributed by atoms with Crippen molar-refractivity contribution >= 4 is 23.4 Å². The highest BCUT2D eigenvalue weighted by molar-refractivity contribution is 7.11. The first-order chi connectivity index (χ1) is 9.19. The van der Waals surface area contributed by atoms with Gasteiger partial charge in [0.25, 0.3) is 5.88 Å². The smallest absolute Gasteiger partial charge is 0.252 e. The molecule has 5 nitrogen and oxygen atoms in total. The third-order valence-corrected chi connectivity index (χ3v) is 3.07. The van der Waals surface area contributed by atoms with Crippen molar-refractivity contribution in [2.24, 2.45) is 11.0 Å². The van der Waals surface area contributed by atoms with Gasteiger partial charge in [-0.1, -0.05) is 19.9 Å². The van der Waals surface area contributed by atoms with Crippen LogP contribution in [0.5, 0.6) is 0 Å². The molecule has 6 heteroatoms. The third kappa shape index (κ3) is 3.66. The topological polar surface area (TPSA) is 74.2 Å². The van der Waals surface area contributed by atoms with Crippen LogP contribution in [0.3, 0.4) is 0 Å². The lowest BCUT2D eigenvalue weighted by Gasteiger charge is -1.97. The van der Waals surface area contributed by atoms with Crippen LogP contribution in [-0.2, 0) is 6.42 Å². The summed E-state index contributed by atoms with van der Waals surface area (Å²) in [6.07, 6.45) is 2.38. The molecule has 0 atom stereocenters. The molecule has 0 aromatic carbocycles. The van der Waals surface area contributed by atoms with Crippen molar-refractivity contribution < 1.29 is 4.42 Å². The fraction of sp³-hybridized carbons (Fsp3) is 0.308. The summed E-state index contributed by atoms with van der Waals surface area (Å²) >= 11 is 1.58. The molecule has 2 aromatic rings. The second-order valence-electron chi connectivity index (χ2n) is 4.38. The van der Waals surface area contributed by atoms with Gasteiger partial charge in [0, 0.05) is 11.3 Å². The molecule has 0 amide bonds. The van der Waals surface area contributed by atoms with Crippen molar-refractivity contribution in [1.82, 2.24) is 4.98 Å². The Labute approximate surface area is 115 Å². The van der Waals surface area contributed by atoms with E-state index in [1.54, 1.807) is 17.6 Å². The van der Waals surface area contributed by atoms with Crippen LogP contribution in [0.2, 0.25) is 0 Å². The zero-order chi connectivity index (χ0) is 13.7. The summed E-state index contributed by atoms with van der Waals surface area (Å²) in [5.74, 6) is 1.28. The van der Waals surface area contributed by atoms with E-state index in [-0.39, 0.29) is 5.69 Å². The molecule has 0 saturated carbocycles. The predicted molar refractivity (Wildman–Crippen MR) is 75.3 cm³/mol. The number of thiophene rings is 1. The van der Waals surface area contributed by atoms with Gasteiger partial charge in [-0.25, -0.2) is 10.4 Å². The maximum atomic E-state index is 8.99. The Morgan fingerprint density at radius 2 is 2.47 bits per heavy atom. The molecule has 2 rings (SSSR count). The number of nitriles is 1. The zero-order valence-corrected chi connectivity index (χ0v) is 11.6. The molecule has 1 N–H and O–H groups in total. The van der Waals surface area contributed by atoms with Crippen molar-refractivity contribution in [3.8, 4) is 6.07 Å². The predicted octanol–water partition coefficient (Wildman–Crippen LogP) is 3.25. The number of nitrogens with one attached hydrogen (secondary N) is 1. The van der Waals surface area contributed by atoms with E-state index >= 15 is 0 Å². The van der Waals surface area contributed by atoms with Crippen LogP contribution >= 0.6 is 11.3 Å². The van der Waals surface area contributed by atoms with E-state index in [2.05, 4.69) is 29.4 Å². The van der Waals surface area contributed by atoms with Gasteiger partial charge in [0.2, 0.25) is 5.69 Å². The number of hydrogen-bond donors (Lipinski definition) is 1. The average molecular weight is 274 g/mol. The van der Waals surface area contributed by atoms with E-state index in [4.69, 9.17) is 9.68 Å². The van der Waals surface area contributed by atoms with Gasteiger partial charge in [0.1, 0.15) is 6.07 Å². The molecule has 0 saturated heterocycles.